The van der Waals surface area contributed by atoms with Gasteiger partial charge in [0.2, 0.25) is 11.8 Å². The van der Waals surface area contributed by atoms with Gasteiger partial charge in [0.25, 0.3) is 5.91 Å². The highest BCUT2D eigenvalue weighted by Crippen LogP contribution is 2.16. The second-order valence-electron chi connectivity index (χ2n) is 6.30. The molecule has 0 saturated carbocycles. The number of carbonyl (C=O) groups excluding carboxylic acids is 3. The number of halogens is 1. The van der Waals surface area contributed by atoms with E-state index in [1.165, 1.54) is 0 Å². The second kappa shape index (κ2) is 10.7. The van der Waals surface area contributed by atoms with Gasteiger partial charge in [-0.05, 0) is 65.8 Å². The molecule has 152 valence electrons. The average molecular weight is 477 g/mol. The summed E-state index contributed by atoms with van der Waals surface area (Å²) in [7, 11) is 0. The van der Waals surface area contributed by atoms with E-state index in [0.717, 1.165) is 16.8 Å². The van der Waals surface area contributed by atoms with Crippen LogP contribution >= 0.6 is 28.1 Å². The van der Waals surface area contributed by atoms with Crippen LogP contribution in [-0.2, 0) is 9.59 Å². The number of rotatable bonds is 5. The summed E-state index contributed by atoms with van der Waals surface area (Å²) < 4.78 is 0.624. The lowest BCUT2D eigenvalue weighted by Gasteiger charge is -2.12. The average Bonchev–Trinajstić information content (AvgIpc) is 2.67. The SMILES string of the molecule is Cc1ccc(NC(=O)CCC(=O)NNC(=S)NC(=O)c2ccccc2Br)c(C)c1. The van der Waals surface area contributed by atoms with E-state index in [4.69, 9.17) is 12.2 Å². The summed E-state index contributed by atoms with van der Waals surface area (Å²) in [5.41, 5.74) is 7.99. The van der Waals surface area contributed by atoms with E-state index in [9.17, 15) is 14.4 Å². The summed E-state index contributed by atoms with van der Waals surface area (Å²) in [6.45, 7) is 3.88. The topological polar surface area (TPSA) is 99.3 Å². The van der Waals surface area contributed by atoms with E-state index in [-0.39, 0.29) is 23.9 Å². The van der Waals surface area contributed by atoms with Crippen LogP contribution in [0.3, 0.4) is 0 Å². The first-order valence-corrected chi connectivity index (χ1v) is 9.98. The molecule has 0 bridgehead atoms. The molecule has 29 heavy (non-hydrogen) atoms. The molecular formula is C20H21BrN4O3S. The Labute approximate surface area is 182 Å². The minimum Gasteiger partial charge on any atom is -0.326 e. The van der Waals surface area contributed by atoms with Gasteiger partial charge in [-0.2, -0.15) is 0 Å². The van der Waals surface area contributed by atoms with E-state index in [1.54, 1.807) is 24.3 Å². The highest BCUT2D eigenvalue weighted by Gasteiger charge is 2.12. The maximum atomic E-state index is 12.1. The van der Waals surface area contributed by atoms with Gasteiger partial charge < -0.3 is 5.32 Å². The van der Waals surface area contributed by atoms with E-state index in [2.05, 4.69) is 37.4 Å². The number of aryl methyl sites for hydroxylation is 2. The largest absolute Gasteiger partial charge is 0.326 e. The van der Waals surface area contributed by atoms with Crippen molar-refractivity contribution in [2.75, 3.05) is 5.32 Å². The maximum Gasteiger partial charge on any atom is 0.258 e. The third kappa shape index (κ3) is 7.28. The zero-order chi connectivity index (χ0) is 21.4. The van der Waals surface area contributed by atoms with Gasteiger partial charge in [-0.1, -0.05) is 29.8 Å². The van der Waals surface area contributed by atoms with Crippen LogP contribution in [0.25, 0.3) is 0 Å². The monoisotopic (exact) mass is 476 g/mol. The van der Waals surface area contributed by atoms with Crippen molar-refractivity contribution in [2.45, 2.75) is 26.7 Å². The summed E-state index contributed by atoms with van der Waals surface area (Å²) in [5.74, 6) is -1.12. The predicted molar refractivity (Wildman–Crippen MR) is 119 cm³/mol. The molecule has 0 heterocycles. The Balaban J connectivity index is 1.72. The van der Waals surface area contributed by atoms with Gasteiger partial charge in [0.15, 0.2) is 5.11 Å². The van der Waals surface area contributed by atoms with Crippen LogP contribution in [0.15, 0.2) is 46.9 Å². The molecule has 2 aromatic rings. The number of nitrogens with one attached hydrogen (secondary N) is 4. The summed E-state index contributed by atoms with van der Waals surface area (Å²) in [5, 5.41) is 5.18. The molecule has 0 aromatic heterocycles. The van der Waals surface area contributed by atoms with Crippen molar-refractivity contribution < 1.29 is 14.4 Å². The molecule has 0 radical (unpaired) electrons. The predicted octanol–water partition coefficient (Wildman–Crippen LogP) is 3.12. The number of benzene rings is 2. The lowest BCUT2D eigenvalue weighted by atomic mass is 10.1. The van der Waals surface area contributed by atoms with Crippen LogP contribution in [0, 0.1) is 13.8 Å². The van der Waals surface area contributed by atoms with Crippen molar-refractivity contribution in [3.63, 3.8) is 0 Å². The van der Waals surface area contributed by atoms with Crippen LogP contribution in [0.1, 0.15) is 34.3 Å². The normalized spacial score (nSPS) is 10.0. The first-order chi connectivity index (χ1) is 13.8. The number of hydrogen-bond donors (Lipinski definition) is 4. The number of hydrazine groups is 1. The highest BCUT2D eigenvalue weighted by molar-refractivity contribution is 9.10. The van der Waals surface area contributed by atoms with Crippen molar-refractivity contribution in [3.05, 3.63) is 63.6 Å². The minimum absolute atomic E-state index is 0.0108. The first-order valence-electron chi connectivity index (χ1n) is 8.78. The Morgan fingerprint density at radius 1 is 0.966 bits per heavy atom. The molecule has 0 saturated heterocycles. The van der Waals surface area contributed by atoms with E-state index in [1.807, 2.05) is 32.0 Å². The smallest absolute Gasteiger partial charge is 0.258 e. The molecule has 0 fully saturated rings. The number of amides is 3. The van der Waals surface area contributed by atoms with Crippen LogP contribution in [0.2, 0.25) is 0 Å². The molecule has 0 unspecified atom stereocenters. The Morgan fingerprint density at radius 2 is 1.66 bits per heavy atom. The molecule has 2 aromatic carbocycles. The number of thiocarbonyl (C=S) groups is 1. The molecule has 4 N–H and O–H groups in total. The van der Waals surface area contributed by atoms with Crippen LogP contribution in [0.5, 0.6) is 0 Å². The van der Waals surface area contributed by atoms with Crippen molar-refractivity contribution in [1.82, 2.24) is 16.2 Å². The number of carbonyl (C=O) groups is 3. The van der Waals surface area contributed by atoms with Gasteiger partial charge in [-0.25, -0.2) is 0 Å². The highest BCUT2D eigenvalue weighted by atomic mass is 79.9. The van der Waals surface area contributed by atoms with Crippen molar-refractivity contribution >= 4 is 56.7 Å². The standard InChI is InChI=1S/C20H21BrN4O3S/c1-12-7-8-16(13(2)11-12)22-17(26)9-10-18(27)24-25-20(29)23-19(28)14-5-3-4-6-15(14)21/h3-8,11H,9-10H2,1-2H3,(H,22,26)(H,24,27)(H2,23,25,28,29). The molecule has 7 nitrogen and oxygen atoms in total. The zero-order valence-electron chi connectivity index (χ0n) is 16.0. The van der Waals surface area contributed by atoms with Gasteiger partial charge in [0.05, 0.1) is 5.56 Å². The molecule has 9 heteroatoms. The van der Waals surface area contributed by atoms with Crippen LogP contribution < -0.4 is 21.5 Å². The molecule has 0 aliphatic heterocycles. The first kappa shape index (κ1) is 22.5. The third-order valence-electron chi connectivity index (χ3n) is 3.90. The van der Waals surface area contributed by atoms with E-state index >= 15 is 0 Å². The van der Waals surface area contributed by atoms with Crippen molar-refractivity contribution in [2.24, 2.45) is 0 Å². The Bertz CT molecular complexity index is 949. The quantitative estimate of drug-likeness (QED) is 0.392. The molecule has 0 aliphatic carbocycles. The van der Waals surface area contributed by atoms with Gasteiger partial charge in [-0.15, -0.1) is 0 Å². The Hall–Kier alpha value is -2.78. The molecule has 0 aliphatic rings. The maximum absolute atomic E-state index is 12.1. The second-order valence-corrected chi connectivity index (χ2v) is 7.57. The summed E-state index contributed by atoms with van der Waals surface area (Å²) in [6, 6.07) is 12.6. The Morgan fingerprint density at radius 3 is 2.34 bits per heavy atom. The van der Waals surface area contributed by atoms with Gasteiger partial charge in [0.1, 0.15) is 0 Å². The van der Waals surface area contributed by atoms with E-state index < -0.39 is 11.8 Å². The fraction of sp³-hybridized carbons (Fsp3) is 0.200. The summed E-state index contributed by atoms with van der Waals surface area (Å²) >= 11 is 8.27. The van der Waals surface area contributed by atoms with Gasteiger partial charge >= 0.3 is 0 Å². The third-order valence-corrected chi connectivity index (χ3v) is 4.79. The molecule has 2 rings (SSSR count). The molecule has 0 spiro atoms. The number of hydrogen-bond acceptors (Lipinski definition) is 4. The van der Waals surface area contributed by atoms with Gasteiger partial charge in [-0.3, -0.25) is 30.6 Å². The fourth-order valence-electron chi connectivity index (χ4n) is 2.43. The fourth-order valence-corrected chi connectivity index (χ4v) is 3.04. The zero-order valence-corrected chi connectivity index (χ0v) is 18.4. The van der Waals surface area contributed by atoms with Crippen LogP contribution in [-0.4, -0.2) is 22.8 Å². The lowest BCUT2D eigenvalue weighted by molar-refractivity contribution is -0.124. The lowest BCUT2D eigenvalue weighted by Crippen LogP contribution is -2.48. The number of anilines is 1. The minimum atomic E-state index is -0.432. The summed E-state index contributed by atoms with van der Waals surface area (Å²) in [4.78, 5) is 36.0. The van der Waals surface area contributed by atoms with Crippen molar-refractivity contribution in [1.29, 1.82) is 0 Å². The molecular weight excluding hydrogens is 456 g/mol. The van der Waals surface area contributed by atoms with Crippen molar-refractivity contribution in [3.8, 4) is 0 Å². The van der Waals surface area contributed by atoms with E-state index in [0.29, 0.717) is 10.0 Å². The van der Waals surface area contributed by atoms with Gasteiger partial charge in [0, 0.05) is 23.0 Å². The molecule has 0 atom stereocenters. The molecule has 3 amide bonds. The summed E-state index contributed by atoms with van der Waals surface area (Å²) in [6.07, 6.45) is -0.0263. The Kier molecular flexibility index (Phi) is 8.29. The van der Waals surface area contributed by atoms with Crippen LogP contribution in [0.4, 0.5) is 5.69 Å².